The first kappa shape index (κ1) is 13.2. The number of ether oxygens (including phenoxy) is 1. The van der Waals surface area contributed by atoms with Gasteiger partial charge in [0.15, 0.2) is 0 Å². The van der Waals surface area contributed by atoms with E-state index in [0.29, 0.717) is 12.1 Å². The van der Waals surface area contributed by atoms with Crippen molar-refractivity contribution in [1.29, 1.82) is 0 Å². The predicted octanol–water partition coefficient (Wildman–Crippen LogP) is 1.33. The molecule has 15 heavy (non-hydrogen) atoms. The summed E-state index contributed by atoms with van der Waals surface area (Å²) in [5.41, 5.74) is 0. The highest BCUT2D eigenvalue weighted by Crippen LogP contribution is 2.21. The maximum Gasteiger partial charge on any atom is 0.108 e. The number of likely N-dealkylation sites (tertiary alicyclic amines) is 1. The highest BCUT2D eigenvalue weighted by molar-refractivity contribution is 5.85. The Bertz CT molecular complexity index is 183. The van der Waals surface area contributed by atoms with E-state index in [1.807, 2.05) is 0 Å². The van der Waals surface area contributed by atoms with Crippen LogP contribution in [0.1, 0.15) is 19.8 Å². The second-order valence-electron chi connectivity index (χ2n) is 4.99. The van der Waals surface area contributed by atoms with Gasteiger partial charge in [-0.3, -0.25) is 5.32 Å². The van der Waals surface area contributed by atoms with Crippen molar-refractivity contribution in [3.05, 3.63) is 0 Å². The minimum Gasteiger partial charge on any atom is -0.363 e. The molecule has 0 amide bonds. The van der Waals surface area contributed by atoms with Crippen LogP contribution in [-0.2, 0) is 4.74 Å². The van der Waals surface area contributed by atoms with Gasteiger partial charge in [-0.1, -0.05) is 6.92 Å². The van der Waals surface area contributed by atoms with Crippen molar-refractivity contribution >= 4 is 12.4 Å². The molecule has 0 aliphatic carbocycles. The molecule has 0 aromatic carbocycles. The van der Waals surface area contributed by atoms with Gasteiger partial charge in [-0.15, -0.1) is 12.4 Å². The van der Waals surface area contributed by atoms with E-state index in [9.17, 15) is 0 Å². The SMILES string of the molecule is CC1CNC(CC2CCN(C)C2)OC1.Cl. The predicted molar refractivity (Wildman–Crippen MR) is 64.4 cm³/mol. The van der Waals surface area contributed by atoms with E-state index in [2.05, 4.69) is 24.2 Å². The molecule has 0 radical (unpaired) electrons. The third-order valence-electron chi connectivity index (χ3n) is 3.31. The summed E-state index contributed by atoms with van der Waals surface area (Å²) in [6.07, 6.45) is 2.85. The van der Waals surface area contributed by atoms with Crippen LogP contribution in [0.15, 0.2) is 0 Å². The van der Waals surface area contributed by atoms with Gasteiger partial charge in [0.2, 0.25) is 0 Å². The molecule has 0 saturated carbocycles. The van der Waals surface area contributed by atoms with Crippen LogP contribution >= 0.6 is 12.4 Å². The largest absolute Gasteiger partial charge is 0.363 e. The van der Waals surface area contributed by atoms with Crippen LogP contribution in [-0.4, -0.2) is 44.4 Å². The highest BCUT2D eigenvalue weighted by atomic mass is 35.5. The minimum atomic E-state index is 0. The smallest absolute Gasteiger partial charge is 0.108 e. The number of nitrogens with one attached hydrogen (secondary N) is 1. The van der Waals surface area contributed by atoms with Gasteiger partial charge in [0.05, 0.1) is 6.61 Å². The van der Waals surface area contributed by atoms with Crippen LogP contribution in [0, 0.1) is 11.8 Å². The summed E-state index contributed by atoms with van der Waals surface area (Å²) in [7, 11) is 2.21. The zero-order valence-corrected chi connectivity index (χ0v) is 10.6. The minimum absolute atomic E-state index is 0. The monoisotopic (exact) mass is 234 g/mol. The van der Waals surface area contributed by atoms with Crippen LogP contribution < -0.4 is 5.32 Å². The zero-order valence-electron chi connectivity index (χ0n) is 9.74. The second-order valence-corrected chi connectivity index (χ2v) is 4.99. The molecule has 0 spiro atoms. The van der Waals surface area contributed by atoms with Crippen molar-refractivity contribution in [1.82, 2.24) is 10.2 Å². The van der Waals surface area contributed by atoms with E-state index in [4.69, 9.17) is 4.74 Å². The summed E-state index contributed by atoms with van der Waals surface area (Å²) in [5, 5.41) is 3.47. The van der Waals surface area contributed by atoms with Crippen molar-refractivity contribution in [3.63, 3.8) is 0 Å². The van der Waals surface area contributed by atoms with Gasteiger partial charge >= 0.3 is 0 Å². The summed E-state index contributed by atoms with van der Waals surface area (Å²) >= 11 is 0. The number of halogens is 1. The van der Waals surface area contributed by atoms with E-state index < -0.39 is 0 Å². The number of rotatable bonds is 2. The number of nitrogens with zero attached hydrogens (tertiary/aromatic N) is 1. The Balaban J connectivity index is 0.00000112. The van der Waals surface area contributed by atoms with E-state index in [-0.39, 0.29) is 12.4 Å². The van der Waals surface area contributed by atoms with Gasteiger partial charge in [-0.2, -0.15) is 0 Å². The summed E-state index contributed by atoms with van der Waals surface area (Å²) in [6, 6.07) is 0. The summed E-state index contributed by atoms with van der Waals surface area (Å²) in [5.74, 6) is 1.52. The van der Waals surface area contributed by atoms with E-state index in [1.54, 1.807) is 0 Å². The fourth-order valence-electron chi connectivity index (χ4n) is 2.40. The van der Waals surface area contributed by atoms with Crippen molar-refractivity contribution in [2.75, 3.05) is 33.3 Å². The van der Waals surface area contributed by atoms with Crippen molar-refractivity contribution in [2.45, 2.75) is 26.0 Å². The van der Waals surface area contributed by atoms with Gasteiger partial charge in [-0.05, 0) is 38.3 Å². The first-order chi connectivity index (χ1) is 6.74. The first-order valence-electron chi connectivity index (χ1n) is 5.77. The van der Waals surface area contributed by atoms with Gasteiger partial charge in [0.1, 0.15) is 6.23 Å². The molecule has 0 aromatic heterocycles. The average molecular weight is 235 g/mol. The van der Waals surface area contributed by atoms with Crippen LogP contribution in [0.25, 0.3) is 0 Å². The van der Waals surface area contributed by atoms with Crippen LogP contribution in [0.4, 0.5) is 0 Å². The normalized spacial score (nSPS) is 37.6. The molecule has 3 unspecified atom stereocenters. The van der Waals surface area contributed by atoms with Gasteiger partial charge in [0.25, 0.3) is 0 Å². The summed E-state index contributed by atoms with van der Waals surface area (Å²) < 4.78 is 5.76. The molecule has 2 rings (SSSR count). The number of hydrogen-bond acceptors (Lipinski definition) is 3. The molecule has 90 valence electrons. The van der Waals surface area contributed by atoms with E-state index in [0.717, 1.165) is 19.1 Å². The molecule has 4 heteroatoms. The van der Waals surface area contributed by atoms with Crippen molar-refractivity contribution in [3.8, 4) is 0 Å². The zero-order chi connectivity index (χ0) is 9.97. The lowest BCUT2D eigenvalue weighted by Gasteiger charge is -2.30. The molecule has 0 bridgehead atoms. The third-order valence-corrected chi connectivity index (χ3v) is 3.31. The van der Waals surface area contributed by atoms with Crippen LogP contribution in [0.5, 0.6) is 0 Å². The quantitative estimate of drug-likeness (QED) is 0.781. The Labute approximate surface area is 99.0 Å². The Morgan fingerprint density at radius 2 is 2.27 bits per heavy atom. The molecule has 2 aliphatic heterocycles. The van der Waals surface area contributed by atoms with E-state index in [1.165, 1.54) is 25.9 Å². The standard InChI is InChI=1S/C11H22N2O.ClH/c1-9-6-12-11(14-8-9)5-10-3-4-13(2)7-10;/h9-12H,3-8H2,1-2H3;1H. The Morgan fingerprint density at radius 3 is 2.80 bits per heavy atom. The van der Waals surface area contributed by atoms with Crippen LogP contribution in [0.2, 0.25) is 0 Å². The Kier molecular flexibility index (Phi) is 5.33. The van der Waals surface area contributed by atoms with Gasteiger partial charge in [0, 0.05) is 13.1 Å². The highest BCUT2D eigenvalue weighted by Gasteiger charge is 2.25. The molecule has 2 aliphatic rings. The lowest BCUT2D eigenvalue weighted by atomic mass is 10.0. The Hall–Kier alpha value is 0.170. The second kappa shape index (κ2) is 6.04. The first-order valence-corrected chi connectivity index (χ1v) is 5.77. The topological polar surface area (TPSA) is 24.5 Å². The molecule has 0 aromatic rings. The fourth-order valence-corrected chi connectivity index (χ4v) is 2.40. The van der Waals surface area contributed by atoms with Gasteiger partial charge in [-0.25, -0.2) is 0 Å². The van der Waals surface area contributed by atoms with Gasteiger partial charge < -0.3 is 9.64 Å². The number of hydrogen-bond donors (Lipinski definition) is 1. The molecule has 2 fully saturated rings. The molecule has 2 saturated heterocycles. The lowest BCUT2D eigenvalue weighted by molar-refractivity contribution is -0.0351. The van der Waals surface area contributed by atoms with Crippen molar-refractivity contribution in [2.24, 2.45) is 11.8 Å². The maximum atomic E-state index is 5.76. The molecule has 1 N–H and O–H groups in total. The van der Waals surface area contributed by atoms with E-state index >= 15 is 0 Å². The molecule has 2 heterocycles. The summed E-state index contributed by atoms with van der Waals surface area (Å²) in [6.45, 7) is 6.78. The molecular weight excluding hydrogens is 212 g/mol. The van der Waals surface area contributed by atoms with Crippen molar-refractivity contribution < 1.29 is 4.74 Å². The lowest BCUT2D eigenvalue weighted by Crippen LogP contribution is -2.43. The molecule has 3 nitrogen and oxygen atoms in total. The Morgan fingerprint density at radius 1 is 1.47 bits per heavy atom. The fraction of sp³-hybridized carbons (Fsp3) is 1.00. The molecule has 3 atom stereocenters. The maximum absolute atomic E-state index is 5.76. The van der Waals surface area contributed by atoms with Crippen LogP contribution in [0.3, 0.4) is 0 Å². The molecular formula is C11H23ClN2O. The average Bonchev–Trinajstić information content (AvgIpc) is 2.56. The summed E-state index contributed by atoms with van der Waals surface area (Å²) in [4.78, 5) is 2.41. The third kappa shape index (κ3) is 3.91.